The van der Waals surface area contributed by atoms with Crippen LogP contribution in [0.25, 0.3) is 0 Å². The highest BCUT2D eigenvalue weighted by atomic mass is 19.4. The van der Waals surface area contributed by atoms with E-state index in [4.69, 9.17) is 4.42 Å². The monoisotopic (exact) mass is 541 g/mol. The number of aromatic nitrogens is 5. The molecule has 38 heavy (non-hydrogen) atoms. The maximum Gasteiger partial charge on any atom is 0.416 e. The van der Waals surface area contributed by atoms with Crippen LogP contribution in [0.1, 0.15) is 60.5 Å². The van der Waals surface area contributed by atoms with Crippen LogP contribution < -0.4 is 10.2 Å². The number of nitrogens with zero attached hydrogens (tertiary/aromatic N) is 6. The Morgan fingerprint density at radius 3 is 2.34 bits per heavy atom. The molecule has 0 radical (unpaired) electrons. The van der Waals surface area contributed by atoms with E-state index >= 15 is 0 Å². The Balaban J connectivity index is 1.28. The fraction of sp³-hybridized carbons (Fsp3) is 0.583. The number of halogens is 6. The summed E-state index contributed by atoms with van der Waals surface area (Å²) >= 11 is 0. The van der Waals surface area contributed by atoms with Crippen LogP contribution in [0.5, 0.6) is 0 Å². The minimum absolute atomic E-state index is 0.0108. The first kappa shape index (κ1) is 25.0. The molecule has 5 atom stereocenters. The van der Waals surface area contributed by atoms with E-state index in [0.29, 0.717) is 25.0 Å². The van der Waals surface area contributed by atoms with Crippen LogP contribution in [0, 0.1) is 18.8 Å². The Bertz CT molecular complexity index is 1300. The Hall–Kier alpha value is -3.32. The number of piperidine rings is 1. The van der Waals surface area contributed by atoms with Crippen molar-refractivity contribution in [2.45, 2.75) is 63.0 Å². The molecule has 1 saturated heterocycles. The van der Waals surface area contributed by atoms with Gasteiger partial charge >= 0.3 is 18.4 Å². The van der Waals surface area contributed by atoms with E-state index < -0.39 is 29.9 Å². The topological polar surface area (TPSA) is 84.9 Å². The molecule has 1 aromatic carbocycles. The van der Waals surface area contributed by atoms with Gasteiger partial charge in [-0.15, -0.1) is 10.2 Å². The third-order valence-corrected chi connectivity index (χ3v) is 7.90. The van der Waals surface area contributed by atoms with E-state index in [2.05, 4.69) is 25.6 Å². The average Bonchev–Trinajstić information content (AvgIpc) is 3.53. The van der Waals surface area contributed by atoms with E-state index in [-0.39, 0.29) is 48.1 Å². The van der Waals surface area contributed by atoms with Crippen molar-refractivity contribution >= 4 is 12.0 Å². The molecular weight excluding hydrogens is 516 g/mol. The first-order chi connectivity index (χ1) is 18.0. The molecule has 0 spiro atoms. The predicted octanol–water partition coefficient (Wildman–Crippen LogP) is 5.34. The quantitative estimate of drug-likeness (QED) is 0.446. The number of rotatable bonds is 4. The molecule has 8 nitrogen and oxygen atoms in total. The minimum atomic E-state index is -4.56. The Kier molecular flexibility index (Phi) is 5.83. The number of alkyl halides is 6. The van der Waals surface area contributed by atoms with Crippen molar-refractivity contribution in [3.63, 3.8) is 0 Å². The fourth-order valence-electron chi connectivity index (χ4n) is 6.17. The minimum Gasteiger partial charge on any atom is -0.408 e. The summed E-state index contributed by atoms with van der Waals surface area (Å²) in [5, 5.41) is 15.5. The number of hydrogen-bond donors (Lipinski definition) is 1. The van der Waals surface area contributed by atoms with Crippen molar-refractivity contribution in [2.75, 3.05) is 23.3 Å². The molecular formula is C24H25F6N7O. The molecule has 2 fully saturated rings. The van der Waals surface area contributed by atoms with Crippen LogP contribution in [0.4, 0.5) is 38.3 Å². The van der Waals surface area contributed by atoms with E-state index in [0.717, 1.165) is 29.7 Å². The normalized spacial score (nSPS) is 27.4. The number of fused-ring (bicyclic) bond motifs is 3. The second-order valence-corrected chi connectivity index (χ2v) is 10.3. The molecule has 0 amide bonds. The van der Waals surface area contributed by atoms with E-state index in [1.54, 1.807) is 6.92 Å². The number of anilines is 2. The molecule has 204 valence electrons. The van der Waals surface area contributed by atoms with Gasteiger partial charge in [-0.3, -0.25) is 0 Å². The van der Waals surface area contributed by atoms with Gasteiger partial charge < -0.3 is 14.6 Å². The summed E-state index contributed by atoms with van der Waals surface area (Å²) in [6.07, 6.45) is -7.59. The number of aryl methyl sites for hydroxylation is 1. The lowest BCUT2D eigenvalue weighted by molar-refractivity contribution is -0.175. The summed E-state index contributed by atoms with van der Waals surface area (Å²) in [7, 11) is 0. The third-order valence-electron chi connectivity index (χ3n) is 7.90. The fourth-order valence-corrected chi connectivity index (χ4v) is 6.17. The van der Waals surface area contributed by atoms with Crippen LogP contribution in [-0.4, -0.2) is 50.3 Å². The van der Waals surface area contributed by atoms with Crippen LogP contribution in [0.15, 0.2) is 28.7 Å². The highest BCUT2D eigenvalue weighted by Gasteiger charge is 2.48. The van der Waals surface area contributed by atoms with Gasteiger partial charge in [0.15, 0.2) is 0 Å². The van der Waals surface area contributed by atoms with E-state index in [1.165, 1.54) is 12.1 Å². The zero-order valence-corrected chi connectivity index (χ0v) is 20.3. The van der Waals surface area contributed by atoms with Crippen molar-refractivity contribution < 1.29 is 30.8 Å². The maximum absolute atomic E-state index is 13.9. The first-order valence-electron chi connectivity index (χ1n) is 12.5. The molecule has 1 aliphatic carbocycles. The van der Waals surface area contributed by atoms with Gasteiger partial charge in [0.1, 0.15) is 11.9 Å². The lowest BCUT2D eigenvalue weighted by atomic mass is 9.87. The van der Waals surface area contributed by atoms with E-state index in [9.17, 15) is 26.3 Å². The predicted molar refractivity (Wildman–Crippen MR) is 123 cm³/mol. The van der Waals surface area contributed by atoms with Gasteiger partial charge in [0, 0.05) is 32.0 Å². The highest BCUT2D eigenvalue weighted by molar-refractivity contribution is 5.37. The van der Waals surface area contributed by atoms with Crippen LogP contribution in [-0.2, 0) is 6.18 Å². The first-order valence-corrected chi connectivity index (χ1v) is 12.5. The maximum atomic E-state index is 13.9. The van der Waals surface area contributed by atoms with Gasteiger partial charge in [0.2, 0.25) is 11.8 Å². The average molecular weight is 542 g/mol. The molecule has 6 rings (SSSR count). The zero-order chi connectivity index (χ0) is 26.8. The van der Waals surface area contributed by atoms with Crippen molar-refractivity contribution in [1.29, 1.82) is 0 Å². The summed E-state index contributed by atoms with van der Waals surface area (Å²) in [6, 6.07) is 3.20. The molecule has 4 heterocycles. The Labute approximate surface area is 213 Å². The summed E-state index contributed by atoms with van der Waals surface area (Å²) in [4.78, 5) is 6.46. The van der Waals surface area contributed by atoms with Crippen molar-refractivity contribution in [1.82, 2.24) is 25.0 Å². The largest absolute Gasteiger partial charge is 0.416 e. The van der Waals surface area contributed by atoms with Crippen molar-refractivity contribution in [3.05, 3.63) is 47.1 Å². The van der Waals surface area contributed by atoms with Crippen LogP contribution in [0.3, 0.4) is 0 Å². The lowest BCUT2D eigenvalue weighted by Crippen LogP contribution is -2.48. The van der Waals surface area contributed by atoms with E-state index in [1.807, 2.05) is 4.90 Å². The Morgan fingerprint density at radius 2 is 1.71 bits per heavy atom. The van der Waals surface area contributed by atoms with Gasteiger partial charge in [-0.1, -0.05) is 23.3 Å². The van der Waals surface area contributed by atoms with Gasteiger partial charge in [-0.2, -0.15) is 31.3 Å². The molecule has 1 N–H and O–H groups in total. The molecule has 3 aliphatic rings. The van der Waals surface area contributed by atoms with Gasteiger partial charge in [-0.25, -0.2) is 4.68 Å². The smallest absolute Gasteiger partial charge is 0.408 e. The molecule has 2 bridgehead atoms. The third kappa shape index (κ3) is 4.47. The van der Waals surface area contributed by atoms with Crippen LogP contribution in [0.2, 0.25) is 0 Å². The molecule has 2 unspecified atom stereocenters. The summed E-state index contributed by atoms with van der Waals surface area (Å²) in [5.74, 6) is 0.148. The highest BCUT2D eigenvalue weighted by Crippen LogP contribution is 2.45. The summed E-state index contributed by atoms with van der Waals surface area (Å²) < 4.78 is 88.1. The standard InChI is InChI=1S/C24H25F6N7O/c1-12-33-34-22(38-12)36-10-14-5-6-15(11-36)19(14)31-21-32-20-17(7-8-18(24(28,29)30)37(20)35-21)13-3-2-4-16(9-13)23(25,26)27/h2-4,9,14-15,17-19H,5-8,10-11H2,1H3,(H,31,35)/t14-,15+,17?,18?,19-. The lowest BCUT2D eigenvalue weighted by Gasteiger charge is -2.37. The van der Waals surface area contributed by atoms with Crippen molar-refractivity contribution in [3.8, 4) is 0 Å². The SMILES string of the molecule is Cc1nnc(N2C[C@H]3CC[C@@H](C2)[C@@H]3Nc2nc3n(n2)C(C(F)(F)F)CCC3c2cccc(C(F)(F)F)c2)o1. The Morgan fingerprint density at radius 1 is 0.974 bits per heavy atom. The number of nitrogens with one attached hydrogen (secondary N) is 1. The molecule has 3 aromatic rings. The van der Waals surface area contributed by atoms with Crippen LogP contribution >= 0.6 is 0 Å². The molecule has 1 saturated carbocycles. The summed E-state index contributed by atoms with van der Waals surface area (Å²) in [6.45, 7) is 3.00. The zero-order valence-electron chi connectivity index (χ0n) is 20.3. The second-order valence-electron chi connectivity index (χ2n) is 10.3. The molecule has 14 heteroatoms. The van der Waals surface area contributed by atoms with Gasteiger partial charge in [-0.05, 0) is 49.1 Å². The molecule has 2 aliphatic heterocycles. The second kappa shape index (κ2) is 8.87. The van der Waals surface area contributed by atoms with Gasteiger partial charge in [0.05, 0.1) is 5.56 Å². The van der Waals surface area contributed by atoms with Gasteiger partial charge in [0.25, 0.3) is 0 Å². The number of benzene rings is 1. The number of hydrogen-bond acceptors (Lipinski definition) is 7. The molecule has 2 aromatic heterocycles. The summed E-state index contributed by atoms with van der Waals surface area (Å²) in [5.41, 5.74) is -0.582. The van der Waals surface area contributed by atoms with Crippen molar-refractivity contribution in [2.24, 2.45) is 11.8 Å².